The van der Waals surface area contributed by atoms with Crippen LogP contribution in [0.15, 0.2) is 35.1 Å². The van der Waals surface area contributed by atoms with Gasteiger partial charge in [-0.25, -0.2) is 23.3 Å². The fraction of sp³-hybridized carbons (Fsp3) is 0.364. The number of nitrogens with zero attached hydrogens (tertiary/aromatic N) is 5. The van der Waals surface area contributed by atoms with Crippen molar-refractivity contribution >= 4 is 11.4 Å². The smallest absolute Gasteiger partial charge is 0.292 e. The number of hydrogen-bond donors (Lipinski definition) is 2. The second kappa shape index (κ2) is 7.48. The van der Waals surface area contributed by atoms with Crippen molar-refractivity contribution in [3.63, 3.8) is 0 Å². The van der Waals surface area contributed by atoms with Crippen LogP contribution in [0.2, 0.25) is 0 Å². The topological polar surface area (TPSA) is 113 Å². The third-order valence-corrected chi connectivity index (χ3v) is 5.68. The minimum absolute atomic E-state index is 0.229. The number of aromatic nitrogens is 5. The molecular weight excluding hydrogens is 434 g/mol. The summed E-state index contributed by atoms with van der Waals surface area (Å²) >= 11 is 0. The van der Waals surface area contributed by atoms with E-state index in [9.17, 15) is 18.7 Å². The van der Waals surface area contributed by atoms with Crippen LogP contribution in [0.1, 0.15) is 71.1 Å². The fourth-order valence-corrected chi connectivity index (χ4v) is 4.08. The van der Waals surface area contributed by atoms with E-state index in [0.717, 1.165) is 16.8 Å². The molecule has 0 radical (unpaired) electrons. The van der Waals surface area contributed by atoms with E-state index in [-0.39, 0.29) is 12.4 Å². The first-order valence-electron chi connectivity index (χ1n) is 10.4. The van der Waals surface area contributed by atoms with Crippen LogP contribution >= 0.6 is 0 Å². The summed E-state index contributed by atoms with van der Waals surface area (Å²) in [5.74, 6) is -1.70. The highest BCUT2D eigenvalue weighted by Crippen LogP contribution is 2.36. The normalized spacial score (nSPS) is 16.6. The molecule has 33 heavy (non-hydrogen) atoms. The molecule has 4 aromatic rings. The molecule has 0 aromatic carbocycles. The summed E-state index contributed by atoms with van der Waals surface area (Å²) in [5, 5.41) is 14.8. The first-order chi connectivity index (χ1) is 15.6. The average molecular weight is 456 g/mol. The Morgan fingerprint density at radius 3 is 2.88 bits per heavy atom. The van der Waals surface area contributed by atoms with Crippen molar-refractivity contribution < 1.29 is 23.1 Å². The van der Waals surface area contributed by atoms with Gasteiger partial charge in [0.2, 0.25) is 11.7 Å². The summed E-state index contributed by atoms with van der Waals surface area (Å²) in [5.41, 5.74) is 1.44. The standard InChI is InChI=1S/C22H22F2N6O3/c1-11-4-7-30-12(8-11)9-14(28-30)17-15-13(25-10-26-15)5-6-29(17)20(31)18-16(19(23)24)27-21(33-18)22(2,3)32/h4,7-10,17,19,32H,5-6H2,1-3H3,(H,25,26). The maximum Gasteiger partial charge on any atom is 0.292 e. The van der Waals surface area contributed by atoms with E-state index in [1.165, 1.54) is 25.1 Å². The number of imidazole rings is 1. The number of halogens is 2. The van der Waals surface area contributed by atoms with Crippen LogP contribution in [0, 0.1) is 6.92 Å². The molecular formula is C22H22F2N6O3. The van der Waals surface area contributed by atoms with Crippen molar-refractivity contribution in [2.24, 2.45) is 0 Å². The number of H-pyrrole nitrogens is 1. The largest absolute Gasteiger partial charge is 0.432 e. The van der Waals surface area contributed by atoms with Crippen LogP contribution in [0.25, 0.3) is 5.52 Å². The number of fused-ring (bicyclic) bond motifs is 2. The van der Waals surface area contributed by atoms with Crippen molar-refractivity contribution in [1.82, 2.24) is 29.5 Å². The van der Waals surface area contributed by atoms with E-state index in [0.29, 0.717) is 17.8 Å². The number of alkyl halides is 2. The van der Waals surface area contributed by atoms with Crippen LogP contribution in [-0.4, -0.2) is 47.0 Å². The average Bonchev–Trinajstić information content (AvgIpc) is 3.48. The molecule has 5 heterocycles. The second-order valence-electron chi connectivity index (χ2n) is 8.65. The van der Waals surface area contributed by atoms with E-state index in [4.69, 9.17) is 4.42 Å². The second-order valence-corrected chi connectivity index (χ2v) is 8.65. The lowest BCUT2D eigenvalue weighted by Gasteiger charge is -2.33. The van der Waals surface area contributed by atoms with Crippen molar-refractivity contribution in [3.05, 3.63) is 70.7 Å². The number of rotatable bonds is 4. The highest BCUT2D eigenvalue weighted by Gasteiger charge is 2.40. The van der Waals surface area contributed by atoms with Crippen LogP contribution in [0.4, 0.5) is 8.78 Å². The Labute approximate surface area is 187 Å². The lowest BCUT2D eigenvalue weighted by molar-refractivity contribution is 0.0440. The minimum atomic E-state index is -3.05. The van der Waals surface area contributed by atoms with Crippen molar-refractivity contribution in [2.75, 3.05) is 6.54 Å². The number of aliphatic hydroxyl groups is 1. The predicted molar refractivity (Wildman–Crippen MR) is 112 cm³/mol. The summed E-state index contributed by atoms with van der Waals surface area (Å²) in [4.78, 5) is 26.2. The van der Waals surface area contributed by atoms with E-state index in [1.807, 2.05) is 31.3 Å². The molecule has 0 saturated carbocycles. The van der Waals surface area contributed by atoms with Gasteiger partial charge in [-0.05, 0) is 44.5 Å². The molecule has 1 atom stereocenters. The van der Waals surface area contributed by atoms with E-state index < -0.39 is 35.4 Å². The molecule has 5 rings (SSSR count). The number of amides is 1. The molecule has 2 N–H and O–H groups in total. The zero-order valence-electron chi connectivity index (χ0n) is 18.2. The molecule has 0 bridgehead atoms. The van der Waals surface area contributed by atoms with Gasteiger partial charge in [0.1, 0.15) is 11.6 Å². The molecule has 4 aromatic heterocycles. The van der Waals surface area contributed by atoms with E-state index in [2.05, 4.69) is 20.1 Å². The molecule has 0 aliphatic carbocycles. The van der Waals surface area contributed by atoms with Crippen molar-refractivity contribution in [2.45, 2.75) is 45.3 Å². The number of pyridine rings is 1. The number of aromatic amines is 1. The van der Waals surface area contributed by atoms with Crippen molar-refractivity contribution in [3.8, 4) is 0 Å². The summed E-state index contributed by atoms with van der Waals surface area (Å²) in [6.45, 7) is 4.89. The number of carbonyl (C=O) groups is 1. The van der Waals surface area contributed by atoms with Crippen LogP contribution in [-0.2, 0) is 12.0 Å². The summed E-state index contributed by atoms with van der Waals surface area (Å²) < 4.78 is 34.6. The van der Waals surface area contributed by atoms with E-state index >= 15 is 0 Å². The molecule has 172 valence electrons. The highest BCUT2D eigenvalue weighted by atomic mass is 19.3. The third kappa shape index (κ3) is 3.58. The zero-order chi connectivity index (χ0) is 23.5. The third-order valence-electron chi connectivity index (χ3n) is 5.68. The number of aryl methyl sites for hydroxylation is 1. The van der Waals surface area contributed by atoms with Gasteiger partial charge in [0, 0.05) is 24.9 Å². The van der Waals surface area contributed by atoms with Crippen LogP contribution in [0.3, 0.4) is 0 Å². The van der Waals surface area contributed by atoms with E-state index in [1.54, 1.807) is 4.52 Å². The number of nitrogens with one attached hydrogen (secondary N) is 1. The molecule has 11 heteroatoms. The Hall–Kier alpha value is -3.60. The summed E-state index contributed by atoms with van der Waals surface area (Å²) in [7, 11) is 0. The van der Waals surface area contributed by atoms with Gasteiger partial charge in [-0.1, -0.05) is 0 Å². The molecule has 1 aliphatic heterocycles. The van der Waals surface area contributed by atoms with Crippen LogP contribution < -0.4 is 0 Å². The van der Waals surface area contributed by atoms with Gasteiger partial charge in [0.05, 0.1) is 23.2 Å². The molecule has 0 spiro atoms. The van der Waals surface area contributed by atoms with Gasteiger partial charge in [0.25, 0.3) is 12.3 Å². The van der Waals surface area contributed by atoms with Gasteiger partial charge < -0.3 is 19.4 Å². The quantitative estimate of drug-likeness (QED) is 0.487. The van der Waals surface area contributed by atoms with Crippen molar-refractivity contribution in [1.29, 1.82) is 0 Å². The molecule has 0 fully saturated rings. The molecule has 1 unspecified atom stereocenters. The summed E-state index contributed by atoms with van der Waals surface area (Å²) in [6, 6.07) is 5.00. The Bertz CT molecular complexity index is 1350. The Morgan fingerprint density at radius 1 is 1.36 bits per heavy atom. The minimum Gasteiger partial charge on any atom is -0.432 e. The Kier molecular flexibility index (Phi) is 4.82. The molecule has 0 saturated heterocycles. The molecule has 1 aliphatic rings. The van der Waals surface area contributed by atoms with Gasteiger partial charge in [-0.3, -0.25) is 4.79 Å². The zero-order valence-corrected chi connectivity index (χ0v) is 18.2. The lowest BCUT2D eigenvalue weighted by atomic mass is 9.99. The fourth-order valence-electron chi connectivity index (χ4n) is 4.08. The number of oxazole rings is 1. The Morgan fingerprint density at radius 2 is 2.15 bits per heavy atom. The SMILES string of the molecule is Cc1ccn2nc(C3c4nc[nH]c4CCN3C(=O)c3oc(C(C)(C)O)nc3C(F)F)cc2c1. The van der Waals surface area contributed by atoms with Crippen LogP contribution in [0.5, 0.6) is 0 Å². The first-order valence-corrected chi connectivity index (χ1v) is 10.4. The first kappa shape index (κ1) is 21.3. The van der Waals surface area contributed by atoms with Gasteiger partial charge in [-0.2, -0.15) is 5.10 Å². The predicted octanol–water partition coefficient (Wildman–Crippen LogP) is 3.31. The van der Waals surface area contributed by atoms with Gasteiger partial charge in [-0.15, -0.1) is 0 Å². The molecule has 1 amide bonds. The highest BCUT2D eigenvalue weighted by molar-refractivity contribution is 5.93. The summed E-state index contributed by atoms with van der Waals surface area (Å²) in [6.07, 6.45) is 0.763. The number of hydrogen-bond acceptors (Lipinski definition) is 6. The maximum atomic E-state index is 13.7. The van der Waals surface area contributed by atoms with Gasteiger partial charge >= 0.3 is 0 Å². The Balaban J connectivity index is 1.62. The number of carbonyl (C=O) groups excluding carboxylic acids is 1. The maximum absolute atomic E-state index is 13.7. The molecule has 9 nitrogen and oxygen atoms in total. The lowest BCUT2D eigenvalue weighted by Crippen LogP contribution is -2.41. The monoisotopic (exact) mass is 456 g/mol. The van der Waals surface area contributed by atoms with Gasteiger partial charge in [0.15, 0.2) is 5.69 Å².